The van der Waals surface area contributed by atoms with Gasteiger partial charge in [-0.2, -0.15) is 0 Å². The minimum absolute atomic E-state index is 0.0452. The molecule has 3 rings (SSSR count). The number of hydrogen-bond acceptors (Lipinski definition) is 4. The molecule has 0 saturated heterocycles. The van der Waals surface area contributed by atoms with Crippen molar-refractivity contribution in [2.75, 3.05) is 0 Å². The Hall–Kier alpha value is -2.14. The van der Waals surface area contributed by atoms with E-state index in [1.165, 1.54) is 0 Å². The lowest BCUT2D eigenvalue weighted by molar-refractivity contribution is 0.0661. The molecule has 21 heavy (non-hydrogen) atoms. The van der Waals surface area contributed by atoms with Gasteiger partial charge in [-0.25, -0.2) is 9.78 Å². The summed E-state index contributed by atoms with van der Waals surface area (Å²) in [6, 6.07) is 9.98. The largest absolute Gasteiger partial charge is 0.475 e. The van der Waals surface area contributed by atoms with Crippen molar-refractivity contribution >= 4 is 27.4 Å². The Morgan fingerprint density at radius 1 is 1.38 bits per heavy atom. The first kappa shape index (κ1) is 13.8. The summed E-state index contributed by atoms with van der Waals surface area (Å²) in [5.74, 6) is -0.394. The highest BCUT2D eigenvalue weighted by atomic mass is 32.1. The maximum atomic E-state index is 11.3. The summed E-state index contributed by atoms with van der Waals surface area (Å²) < 4.78 is 6.62. The standard InChI is InChI=1S/C16H15NO3S/c1-9(2)7-11-14(16(18)19)20-15(17-11)13-8-10-5-3-4-6-12(10)21-13/h3-6,8-9H,7H2,1-2H3,(H,18,19). The molecule has 0 aliphatic carbocycles. The van der Waals surface area contributed by atoms with E-state index in [-0.39, 0.29) is 5.76 Å². The molecule has 0 bridgehead atoms. The van der Waals surface area contributed by atoms with E-state index in [0.717, 1.165) is 15.0 Å². The molecule has 0 saturated carbocycles. The van der Waals surface area contributed by atoms with Crippen LogP contribution in [0.4, 0.5) is 0 Å². The van der Waals surface area contributed by atoms with Gasteiger partial charge in [0, 0.05) is 4.70 Å². The van der Waals surface area contributed by atoms with Gasteiger partial charge in [-0.3, -0.25) is 0 Å². The fourth-order valence-corrected chi connectivity index (χ4v) is 3.23. The summed E-state index contributed by atoms with van der Waals surface area (Å²) in [6.45, 7) is 4.05. The highest BCUT2D eigenvalue weighted by Gasteiger charge is 2.21. The lowest BCUT2D eigenvalue weighted by Gasteiger charge is -1.99. The molecule has 0 unspecified atom stereocenters. The minimum atomic E-state index is -1.06. The number of carboxylic acids is 1. The average Bonchev–Trinajstić information content (AvgIpc) is 3.00. The van der Waals surface area contributed by atoms with Crippen molar-refractivity contribution in [3.8, 4) is 10.8 Å². The number of nitrogens with zero attached hydrogens (tertiary/aromatic N) is 1. The summed E-state index contributed by atoms with van der Waals surface area (Å²) in [5.41, 5.74) is 0.518. The van der Waals surface area contributed by atoms with Gasteiger partial charge in [0.15, 0.2) is 0 Å². The number of aromatic carboxylic acids is 1. The van der Waals surface area contributed by atoms with Gasteiger partial charge < -0.3 is 9.52 Å². The van der Waals surface area contributed by atoms with E-state index in [1.54, 1.807) is 11.3 Å². The Balaban J connectivity index is 2.07. The number of aromatic nitrogens is 1. The lowest BCUT2D eigenvalue weighted by atomic mass is 10.1. The first-order valence-electron chi connectivity index (χ1n) is 6.76. The number of benzene rings is 1. The molecule has 0 aliphatic rings. The molecule has 5 heteroatoms. The predicted octanol–water partition coefficient (Wildman–Crippen LogP) is 4.45. The molecule has 2 heterocycles. The number of thiophene rings is 1. The van der Waals surface area contributed by atoms with Gasteiger partial charge in [0.25, 0.3) is 0 Å². The number of carbonyl (C=O) groups is 1. The molecule has 1 N–H and O–H groups in total. The van der Waals surface area contributed by atoms with Crippen LogP contribution < -0.4 is 0 Å². The van der Waals surface area contributed by atoms with Gasteiger partial charge in [-0.1, -0.05) is 32.0 Å². The topological polar surface area (TPSA) is 63.3 Å². The first-order chi connectivity index (χ1) is 10.0. The van der Waals surface area contributed by atoms with Gasteiger partial charge in [-0.15, -0.1) is 11.3 Å². The smallest absolute Gasteiger partial charge is 0.373 e. The fourth-order valence-electron chi connectivity index (χ4n) is 2.24. The van der Waals surface area contributed by atoms with Crippen LogP contribution in [0.25, 0.3) is 20.9 Å². The van der Waals surface area contributed by atoms with E-state index in [0.29, 0.717) is 23.9 Å². The van der Waals surface area contributed by atoms with Crippen molar-refractivity contribution < 1.29 is 14.3 Å². The number of oxazole rings is 1. The monoisotopic (exact) mass is 301 g/mol. The Bertz CT molecular complexity index is 768. The van der Waals surface area contributed by atoms with Crippen molar-refractivity contribution in [3.05, 3.63) is 41.8 Å². The molecule has 108 valence electrons. The highest BCUT2D eigenvalue weighted by molar-refractivity contribution is 7.22. The minimum Gasteiger partial charge on any atom is -0.475 e. The van der Waals surface area contributed by atoms with Crippen molar-refractivity contribution in [3.63, 3.8) is 0 Å². The number of carboxylic acid groups (broad SMARTS) is 1. The molecule has 0 spiro atoms. The predicted molar refractivity (Wildman–Crippen MR) is 82.8 cm³/mol. The second kappa shape index (κ2) is 5.33. The fraction of sp³-hybridized carbons (Fsp3) is 0.250. The molecule has 1 aromatic carbocycles. The zero-order chi connectivity index (χ0) is 15.0. The molecular formula is C16H15NO3S. The Kier molecular flexibility index (Phi) is 3.51. The van der Waals surface area contributed by atoms with Crippen LogP contribution >= 0.6 is 11.3 Å². The van der Waals surface area contributed by atoms with Crippen molar-refractivity contribution in [2.45, 2.75) is 20.3 Å². The Morgan fingerprint density at radius 3 is 2.81 bits per heavy atom. The number of rotatable bonds is 4. The number of hydrogen-bond donors (Lipinski definition) is 1. The van der Waals surface area contributed by atoms with E-state index >= 15 is 0 Å². The molecule has 2 aromatic heterocycles. The maximum absolute atomic E-state index is 11.3. The van der Waals surface area contributed by atoms with Gasteiger partial charge >= 0.3 is 5.97 Å². The van der Waals surface area contributed by atoms with Crippen molar-refractivity contribution in [1.82, 2.24) is 4.98 Å². The molecule has 0 fully saturated rings. The van der Waals surface area contributed by atoms with E-state index in [9.17, 15) is 9.90 Å². The molecular weight excluding hydrogens is 286 g/mol. The zero-order valence-electron chi connectivity index (χ0n) is 11.8. The maximum Gasteiger partial charge on any atom is 0.373 e. The van der Waals surface area contributed by atoms with Crippen LogP contribution in [0, 0.1) is 5.92 Å². The Morgan fingerprint density at radius 2 is 2.14 bits per heavy atom. The van der Waals surface area contributed by atoms with Gasteiger partial charge in [0.2, 0.25) is 11.7 Å². The summed E-state index contributed by atoms with van der Waals surface area (Å²) in [4.78, 5) is 16.5. The second-order valence-electron chi connectivity index (χ2n) is 5.35. The van der Waals surface area contributed by atoms with Crippen LogP contribution in [0.3, 0.4) is 0 Å². The van der Waals surface area contributed by atoms with Crippen LogP contribution in [0.1, 0.15) is 30.1 Å². The molecule has 0 aliphatic heterocycles. The first-order valence-corrected chi connectivity index (χ1v) is 7.58. The summed E-state index contributed by atoms with van der Waals surface area (Å²) in [6.07, 6.45) is 0.593. The second-order valence-corrected chi connectivity index (χ2v) is 6.43. The van der Waals surface area contributed by atoms with Crippen LogP contribution in [0.5, 0.6) is 0 Å². The quantitative estimate of drug-likeness (QED) is 0.773. The molecule has 3 aromatic rings. The third-order valence-electron chi connectivity index (χ3n) is 3.13. The van der Waals surface area contributed by atoms with E-state index in [2.05, 4.69) is 4.98 Å². The van der Waals surface area contributed by atoms with Crippen molar-refractivity contribution in [1.29, 1.82) is 0 Å². The SMILES string of the molecule is CC(C)Cc1nc(-c2cc3ccccc3s2)oc1C(=O)O. The van der Waals surface area contributed by atoms with Crippen molar-refractivity contribution in [2.24, 2.45) is 5.92 Å². The summed E-state index contributed by atoms with van der Waals surface area (Å²) in [7, 11) is 0. The van der Waals surface area contributed by atoms with Crippen LogP contribution in [-0.4, -0.2) is 16.1 Å². The highest BCUT2D eigenvalue weighted by Crippen LogP contribution is 2.34. The van der Waals surface area contributed by atoms with E-state index in [1.807, 2.05) is 44.2 Å². The van der Waals surface area contributed by atoms with Crippen LogP contribution in [-0.2, 0) is 6.42 Å². The van der Waals surface area contributed by atoms with Gasteiger partial charge in [-0.05, 0) is 29.9 Å². The van der Waals surface area contributed by atoms with Gasteiger partial charge in [0.05, 0.1) is 10.6 Å². The Labute approximate surface area is 126 Å². The molecule has 0 amide bonds. The molecule has 4 nitrogen and oxygen atoms in total. The number of fused-ring (bicyclic) bond motifs is 1. The summed E-state index contributed by atoms with van der Waals surface area (Å²) in [5, 5.41) is 10.4. The van der Waals surface area contributed by atoms with Crippen LogP contribution in [0.15, 0.2) is 34.7 Å². The molecule has 0 radical (unpaired) electrons. The van der Waals surface area contributed by atoms with Gasteiger partial charge in [0.1, 0.15) is 0 Å². The van der Waals surface area contributed by atoms with Crippen LogP contribution in [0.2, 0.25) is 0 Å². The average molecular weight is 301 g/mol. The third-order valence-corrected chi connectivity index (χ3v) is 4.23. The third kappa shape index (κ3) is 2.69. The van der Waals surface area contributed by atoms with E-state index in [4.69, 9.17) is 4.42 Å². The lowest BCUT2D eigenvalue weighted by Crippen LogP contribution is -2.03. The normalized spacial score (nSPS) is 11.4. The zero-order valence-corrected chi connectivity index (χ0v) is 12.6. The summed E-state index contributed by atoms with van der Waals surface area (Å²) >= 11 is 1.55. The van der Waals surface area contributed by atoms with E-state index < -0.39 is 5.97 Å². The molecule has 0 atom stereocenters.